The van der Waals surface area contributed by atoms with Gasteiger partial charge in [0.25, 0.3) is 5.56 Å². The van der Waals surface area contributed by atoms with Gasteiger partial charge in [-0.3, -0.25) is 14.3 Å². The quantitative estimate of drug-likeness (QED) is 0.563. The van der Waals surface area contributed by atoms with Crippen LogP contribution in [0.2, 0.25) is 0 Å². The molecule has 7 heteroatoms. The summed E-state index contributed by atoms with van der Waals surface area (Å²) in [4.78, 5) is 30.0. The van der Waals surface area contributed by atoms with Gasteiger partial charge in [-0.2, -0.15) is 0 Å². The zero-order valence-corrected chi connectivity index (χ0v) is 13.2. The first-order valence-electron chi connectivity index (χ1n) is 7.55. The molecule has 1 unspecified atom stereocenters. The molecular formula is C15H24N4O3. The highest BCUT2D eigenvalue weighted by atomic mass is 16.3. The number of aromatic amines is 1. The first-order valence-corrected chi connectivity index (χ1v) is 7.55. The standard InChI is InChI=1S/C15H24N4O3/c1-4-11(20)8-6-5-7-9-19-10-17(2)12-13(21)16-15(22)18(3)14(12)19/h4,11,20H,1,5-10H2,2-3H3,(H,16,21,22). The topological polar surface area (TPSA) is 81.6 Å². The van der Waals surface area contributed by atoms with Crippen molar-refractivity contribution in [3.05, 3.63) is 33.5 Å². The van der Waals surface area contributed by atoms with Crippen molar-refractivity contribution < 1.29 is 5.11 Å². The molecule has 0 aromatic carbocycles. The lowest BCUT2D eigenvalue weighted by Crippen LogP contribution is -2.32. The molecule has 1 aromatic rings. The minimum absolute atomic E-state index is 0.336. The van der Waals surface area contributed by atoms with Gasteiger partial charge < -0.3 is 14.9 Å². The molecule has 0 radical (unpaired) electrons. The average Bonchev–Trinajstić information content (AvgIpc) is 2.81. The smallest absolute Gasteiger partial charge is 0.329 e. The van der Waals surface area contributed by atoms with Crippen LogP contribution in [-0.4, -0.2) is 41.0 Å². The van der Waals surface area contributed by atoms with Crippen LogP contribution in [0.4, 0.5) is 11.5 Å². The van der Waals surface area contributed by atoms with Crippen molar-refractivity contribution in [1.82, 2.24) is 9.55 Å². The molecule has 0 aliphatic carbocycles. The van der Waals surface area contributed by atoms with Crippen LogP contribution in [0, 0.1) is 0 Å². The molecule has 0 bridgehead atoms. The maximum absolute atomic E-state index is 12.0. The van der Waals surface area contributed by atoms with Crippen molar-refractivity contribution in [2.24, 2.45) is 7.05 Å². The van der Waals surface area contributed by atoms with E-state index in [1.165, 1.54) is 4.57 Å². The number of aliphatic hydroxyl groups excluding tert-OH is 1. The predicted octanol–water partition coefficient (Wildman–Crippen LogP) is 0.395. The Morgan fingerprint density at radius 1 is 1.32 bits per heavy atom. The minimum atomic E-state index is -0.432. The Hall–Kier alpha value is -2.02. The monoisotopic (exact) mass is 308 g/mol. The molecule has 7 nitrogen and oxygen atoms in total. The van der Waals surface area contributed by atoms with Gasteiger partial charge in [0.05, 0.1) is 12.8 Å². The molecule has 0 amide bonds. The zero-order chi connectivity index (χ0) is 16.3. The molecule has 1 aliphatic rings. The highest BCUT2D eigenvalue weighted by molar-refractivity contribution is 5.71. The molecule has 1 aromatic heterocycles. The second-order valence-electron chi connectivity index (χ2n) is 5.75. The molecule has 0 saturated carbocycles. The van der Waals surface area contributed by atoms with E-state index in [1.807, 2.05) is 11.9 Å². The average molecular weight is 308 g/mol. The SMILES string of the molecule is C=CC(O)CCCCCN1CN(C)c2c1n(C)c(=O)[nH]c2=O. The van der Waals surface area contributed by atoms with Crippen LogP contribution in [0.25, 0.3) is 0 Å². The zero-order valence-electron chi connectivity index (χ0n) is 13.2. The van der Waals surface area contributed by atoms with Crippen molar-refractivity contribution in [2.45, 2.75) is 31.8 Å². The number of nitrogens with one attached hydrogen (secondary N) is 1. The number of nitrogens with zero attached hydrogens (tertiary/aromatic N) is 3. The first-order chi connectivity index (χ1) is 10.5. The van der Waals surface area contributed by atoms with Gasteiger partial charge in [-0.05, 0) is 12.8 Å². The lowest BCUT2D eigenvalue weighted by atomic mass is 10.1. The van der Waals surface area contributed by atoms with Crippen molar-refractivity contribution in [3.8, 4) is 0 Å². The number of anilines is 2. The van der Waals surface area contributed by atoms with Crippen molar-refractivity contribution in [3.63, 3.8) is 0 Å². The fourth-order valence-corrected chi connectivity index (χ4v) is 2.82. The fourth-order valence-electron chi connectivity index (χ4n) is 2.82. The van der Waals surface area contributed by atoms with Gasteiger partial charge >= 0.3 is 5.69 Å². The third-order valence-corrected chi connectivity index (χ3v) is 4.03. The van der Waals surface area contributed by atoms with Crippen LogP contribution >= 0.6 is 0 Å². The van der Waals surface area contributed by atoms with Crippen molar-refractivity contribution in [2.75, 3.05) is 30.1 Å². The van der Waals surface area contributed by atoms with E-state index in [2.05, 4.69) is 16.5 Å². The Labute approximate surface area is 129 Å². The lowest BCUT2D eigenvalue weighted by molar-refractivity contribution is 0.208. The van der Waals surface area contributed by atoms with Gasteiger partial charge in [-0.15, -0.1) is 6.58 Å². The molecule has 2 heterocycles. The van der Waals surface area contributed by atoms with Crippen LogP contribution in [-0.2, 0) is 7.05 Å². The van der Waals surface area contributed by atoms with E-state index in [4.69, 9.17) is 0 Å². The molecule has 22 heavy (non-hydrogen) atoms. The third-order valence-electron chi connectivity index (χ3n) is 4.03. The largest absolute Gasteiger partial charge is 0.389 e. The Morgan fingerprint density at radius 3 is 2.73 bits per heavy atom. The Morgan fingerprint density at radius 2 is 2.05 bits per heavy atom. The van der Waals surface area contributed by atoms with Gasteiger partial charge in [0, 0.05) is 20.6 Å². The number of hydrogen-bond donors (Lipinski definition) is 2. The minimum Gasteiger partial charge on any atom is -0.389 e. The summed E-state index contributed by atoms with van der Waals surface area (Å²) in [6.07, 6.45) is 4.69. The molecule has 1 atom stereocenters. The Balaban J connectivity index is 2.00. The van der Waals surface area contributed by atoms with Gasteiger partial charge in [0.15, 0.2) is 0 Å². The second-order valence-corrected chi connectivity index (χ2v) is 5.75. The van der Waals surface area contributed by atoms with Crippen LogP contribution in [0.5, 0.6) is 0 Å². The van der Waals surface area contributed by atoms with Gasteiger partial charge in [-0.25, -0.2) is 4.79 Å². The number of aromatic nitrogens is 2. The van der Waals surface area contributed by atoms with Crippen molar-refractivity contribution in [1.29, 1.82) is 0 Å². The Kier molecular flexibility index (Phi) is 5.07. The second kappa shape index (κ2) is 6.83. The Bertz CT molecular complexity index is 649. The van der Waals surface area contributed by atoms with Gasteiger partial charge in [0.1, 0.15) is 11.5 Å². The fraction of sp³-hybridized carbons (Fsp3) is 0.600. The summed E-state index contributed by atoms with van der Waals surface area (Å²) in [6, 6.07) is 0. The van der Waals surface area contributed by atoms with E-state index in [1.54, 1.807) is 13.1 Å². The van der Waals surface area contributed by atoms with E-state index >= 15 is 0 Å². The highest BCUT2D eigenvalue weighted by Crippen LogP contribution is 2.29. The number of hydrogen-bond acceptors (Lipinski definition) is 5. The van der Waals surface area contributed by atoms with Gasteiger partial charge in [-0.1, -0.05) is 18.9 Å². The van der Waals surface area contributed by atoms with E-state index in [-0.39, 0.29) is 5.56 Å². The number of fused-ring (bicyclic) bond motifs is 1. The normalized spacial score (nSPS) is 15.0. The summed E-state index contributed by atoms with van der Waals surface area (Å²) in [5.41, 5.74) is -0.181. The third kappa shape index (κ3) is 3.24. The molecule has 2 N–H and O–H groups in total. The first kappa shape index (κ1) is 16.4. The van der Waals surface area contributed by atoms with Crippen LogP contribution in [0.1, 0.15) is 25.7 Å². The molecule has 2 rings (SSSR count). The molecular weight excluding hydrogens is 284 g/mol. The summed E-state index contributed by atoms with van der Waals surface area (Å²) in [5.74, 6) is 0.683. The summed E-state index contributed by atoms with van der Waals surface area (Å²) in [6.45, 7) is 4.93. The summed E-state index contributed by atoms with van der Waals surface area (Å²) < 4.78 is 1.49. The van der Waals surface area contributed by atoms with Crippen LogP contribution in [0.15, 0.2) is 22.2 Å². The van der Waals surface area contributed by atoms with E-state index in [0.717, 1.165) is 32.2 Å². The maximum atomic E-state index is 12.0. The lowest BCUT2D eigenvalue weighted by Gasteiger charge is -2.20. The summed E-state index contributed by atoms with van der Waals surface area (Å²) >= 11 is 0. The molecule has 0 saturated heterocycles. The summed E-state index contributed by atoms with van der Waals surface area (Å²) in [5, 5.41) is 9.42. The van der Waals surface area contributed by atoms with Crippen LogP contribution < -0.4 is 21.0 Å². The van der Waals surface area contributed by atoms with Crippen molar-refractivity contribution >= 4 is 11.5 Å². The van der Waals surface area contributed by atoms with E-state index in [9.17, 15) is 14.7 Å². The van der Waals surface area contributed by atoms with Gasteiger partial charge in [0.2, 0.25) is 0 Å². The molecule has 0 fully saturated rings. The maximum Gasteiger partial charge on any atom is 0.329 e. The number of rotatable bonds is 7. The number of aliphatic hydroxyl groups is 1. The molecule has 0 spiro atoms. The number of unbranched alkanes of at least 4 members (excludes halogenated alkanes) is 2. The predicted molar refractivity (Wildman–Crippen MR) is 87.6 cm³/mol. The number of H-pyrrole nitrogens is 1. The summed E-state index contributed by atoms with van der Waals surface area (Å²) in [7, 11) is 3.52. The van der Waals surface area contributed by atoms with E-state index in [0.29, 0.717) is 18.2 Å². The van der Waals surface area contributed by atoms with E-state index < -0.39 is 11.8 Å². The highest BCUT2D eigenvalue weighted by Gasteiger charge is 2.28. The van der Waals surface area contributed by atoms with Crippen LogP contribution in [0.3, 0.4) is 0 Å². The molecule has 122 valence electrons. The molecule has 1 aliphatic heterocycles.